The molecule has 0 spiro atoms. The molecule has 0 radical (unpaired) electrons. The maximum Gasteiger partial charge on any atom is 0.119 e. The second-order valence-electron chi connectivity index (χ2n) is 4.21. The number of nitrogens with one attached hydrogen (secondary N) is 1. The van der Waals surface area contributed by atoms with E-state index in [0.29, 0.717) is 5.92 Å². The van der Waals surface area contributed by atoms with Crippen molar-refractivity contribution < 1.29 is 4.74 Å². The maximum absolute atomic E-state index is 5.65. The van der Waals surface area contributed by atoms with E-state index in [4.69, 9.17) is 4.74 Å². The minimum Gasteiger partial charge on any atom is -0.493 e. The van der Waals surface area contributed by atoms with Crippen LogP contribution in [-0.2, 0) is 0 Å². The van der Waals surface area contributed by atoms with Gasteiger partial charge in [0, 0.05) is 12.2 Å². The molecule has 1 aromatic rings. The summed E-state index contributed by atoms with van der Waals surface area (Å²) in [6.07, 6.45) is 0. The lowest BCUT2D eigenvalue weighted by atomic mass is 10.2. The van der Waals surface area contributed by atoms with Gasteiger partial charge in [-0.1, -0.05) is 13.8 Å². The van der Waals surface area contributed by atoms with Gasteiger partial charge >= 0.3 is 0 Å². The summed E-state index contributed by atoms with van der Waals surface area (Å²) < 4.78 is 5.65. The van der Waals surface area contributed by atoms with Crippen LogP contribution in [0.2, 0.25) is 0 Å². The molecule has 0 aliphatic carbocycles. The molecule has 0 saturated carbocycles. The second-order valence-corrected chi connectivity index (χ2v) is 4.21. The third kappa shape index (κ3) is 3.82. The first-order chi connectivity index (χ1) is 7.13. The molecular formula is C13H21NO. The van der Waals surface area contributed by atoms with Crippen molar-refractivity contribution in [3.63, 3.8) is 0 Å². The van der Waals surface area contributed by atoms with Crippen molar-refractivity contribution in [1.82, 2.24) is 0 Å². The van der Waals surface area contributed by atoms with E-state index in [2.05, 4.69) is 45.1 Å². The number of anilines is 1. The fourth-order valence-electron chi connectivity index (χ4n) is 1.38. The van der Waals surface area contributed by atoms with E-state index >= 15 is 0 Å². The van der Waals surface area contributed by atoms with Crippen molar-refractivity contribution in [3.05, 3.63) is 23.8 Å². The van der Waals surface area contributed by atoms with Gasteiger partial charge in [0.1, 0.15) is 5.75 Å². The van der Waals surface area contributed by atoms with Gasteiger partial charge in [-0.05, 0) is 43.5 Å². The van der Waals surface area contributed by atoms with E-state index in [-0.39, 0.29) is 0 Å². The standard InChI is InChI=1S/C13H21NO/c1-5-14-13-7-6-12(8-11(13)4)15-9-10(2)3/h6-8,10,14H,5,9H2,1-4H3. The topological polar surface area (TPSA) is 21.3 Å². The van der Waals surface area contributed by atoms with Gasteiger partial charge in [0.2, 0.25) is 0 Å². The SMILES string of the molecule is CCNc1ccc(OCC(C)C)cc1C. The highest BCUT2D eigenvalue weighted by molar-refractivity contribution is 5.53. The molecule has 0 atom stereocenters. The average molecular weight is 207 g/mol. The quantitative estimate of drug-likeness (QED) is 0.798. The molecule has 84 valence electrons. The third-order valence-corrected chi connectivity index (χ3v) is 2.15. The smallest absolute Gasteiger partial charge is 0.119 e. The highest BCUT2D eigenvalue weighted by atomic mass is 16.5. The Kier molecular flexibility index (Phi) is 4.47. The summed E-state index contributed by atoms with van der Waals surface area (Å²) in [5.74, 6) is 1.53. The Hall–Kier alpha value is -1.18. The van der Waals surface area contributed by atoms with Gasteiger partial charge in [0.25, 0.3) is 0 Å². The molecule has 0 aliphatic rings. The van der Waals surface area contributed by atoms with Gasteiger partial charge in [-0.3, -0.25) is 0 Å². The van der Waals surface area contributed by atoms with Crippen molar-refractivity contribution in [3.8, 4) is 5.75 Å². The summed E-state index contributed by atoms with van der Waals surface area (Å²) in [6, 6.07) is 6.18. The van der Waals surface area contributed by atoms with Crippen LogP contribution < -0.4 is 10.1 Å². The van der Waals surface area contributed by atoms with Gasteiger partial charge in [0.05, 0.1) is 6.61 Å². The monoisotopic (exact) mass is 207 g/mol. The molecule has 0 unspecified atom stereocenters. The number of aryl methyl sites for hydroxylation is 1. The maximum atomic E-state index is 5.65. The summed E-state index contributed by atoms with van der Waals surface area (Å²) in [5.41, 5.74) is 2.42. The lowest BCUT2D eigenvalue weighted by Crippen LogP contribution is -2.05. The summed E-state index contributed by atoms with van der Waals surface area (Å²) in [6.45, 7) is 10.2. The average Bonchev–Trinajstić information content (AvgIpc) is 2.19. The molecule has 1 N–H and O–H groups in total. The Morgan fingerprint density at radius 2 is 2.07 bits per heavy atom. The number of hydrogen-bond donors (Lipinski definition) is 1. The van der Waals surface area contributed by atoms with Crippen LogP contribution in [0.4, 0.5) is 5.69 Å². The fourth-order valence-corrected chi connectivity index (χ4v) is 1.38. The Morgan fingerprint density at radius 3 is 2.60 bits per heavy atom. The van der Waals surface area contributed by atoms with Gasteiger partial charge < -0.3 is 10.1 Å². The van der Waals surface area contributed by atoms with E-state index in [0.717, 1.165) is 18.9 Å². The second kappa shape index (κ2) is 5.64. The first kappa shape index (κ1) is 11.9. The van der Waals surface area contributed by atoms with E-state index in [9.17, 15) is 0 Å². The van der Waals surface area contributed by atoms with Crippen LogP contribution in [0.15, 0.2) is 18.2 Å². The molecule has 0 fully saturated rings. The van der Waals surface area contributed by atoms with E-state index < -0.39 is 0 Å². The molecule has 0 saturated heterocycles. The first-order valence-electron chi connectivity index (χ1n) is 5.60. The van der Waals surface area contributed by atoms with Crippen LogP contribution in [0.25, 0.3) is 0 Å². The van der Waals surface area contributed by atoms with E-state index in [1.165, 1.54) is 11.3 Å². The summed E-state index contributed by atoms with van der Waals surface area (Å²) in [4.78, 5) is 0. The summed E-state index contributed by atoms with van der Waals surface area (Å²) in [7, 11) is 0. The molecule has 2 heteroatoms. The van der Waals surface area contributed by atoms with Gasteiger partial charge in [-0.15, -0.1) is 0 Å². The summed E-state index contributed by atoms with van der Waals surface area (Å²) >= 11 is 0. The number of benzene rings is 1. The minimum absolute atomic E-state index is 0.568. The van der Waals surface area contributed by atoms with Crippen molar-refractivity contribution in [2.75, 3.05) is 18.5 Å². The van der Waals surface area contributed by atoms with Crippen molar-refractivity contribution in [1.29, 1.82) is 0 Å². The van der Waals surface area contributed by atoms with Crippen LogP contribution in [0.5, 0.6) is 5.75 Å². The van der Waals surface area contributed by atoms with Crippen LogP contribution >= 0.6 is 0 Å². The highest BCUT2D eigenvalue weighted by Crippen LogP contribution is 2.21. The van der Waals surface area contributed by atoms with E-state index in [1.54, 1.807) is 0 Å². The zero-order chi connectivity index (χ0) is 11.3. The van der Waals surface area contributed by atoms with Crippen molar-refractivity contribution in [2.45, 2.75) is 27.7 Å². The number of ether oxygens (including phenoxy) is 1. The predicted octanol–water partition coefficient (Wildman–Crippen LogP) is 3.46. The number of hydrogen-bond acceptors (Lipinski definition) is 2. The normalized spacial score (nSPS) is 10.5. The Bertz CT molecular complexity index is 307. The Morgan fingerprint density at radius 1 is 1.33 bits per heavy atom. The number of rotatable bonds is 5. The molecule has 0 aromatic heterocycles. The highest BCUT2D eigenvalue weighted by Gasteiger charge is 2.00. The van der Waals surface area contributed by atoms with Crippen LogP contribution in [-0.4, -0.2) is 13.2 Å². The molecule has 1 aromatic carbocycles. The largest absolute Gasteiger partial charge is 0.493 e. The zero-order valence-corrected chi connectivity index (χ0v) is 10.1. The lowest BCUT2D eigenvalue weighted by molar-refractivity contribution is 0.271. The van der Waals surface area contributed by atoms with Gasteiger partial charge in [-0.2, -0.15) is 0 Å². The molecular weight excluding hydrogens is 186 g/mol. The fraction of sp³-hybridized carbons (Fsp3) is 0.538. The van der Waals surface area contributed by atoms with E-state index in [1.807, 2.05) is 6.07 Å². The van der Waals surface area contributed by atoms with Gasteiger partial charge in [-0.25, -0.2) is 0 Å². The molecule has 0 bridgehead atoms. The Balaban J connectivity index is 2.64. The van der Waals surface area contributed by atoms with Crippen molar-refractivity contribution >= 4 is 5.69 Å². The van der Waals surface area contributed by atoms with Gasteiger partial charge in [0.15, 0.2) is 0 Å². The third-order valence-electron chi connectivity index (χ3n) is 2.15. The molecule has 2 nitrogen and oxygen atoms in total. The molecule has 0 aliphatic heterocycles. The zero-order valence-electron chi connectivity index (χ0n) is 10.1. The minimum atomic E-state index is 0.568. The van der Waals surface area contributed by atoms with Crippen LogP contribution in [0.1, 0.15) is 26.3 Å². The molecule has 1 rings (SSSR count). The Labute approximate surface area is 92.6 Å². The lowest BCUT2D eigenvalue weighted by Gasteiger charge is -2.12. The molecule has 0 amide bonds. The predicted molar refractivity (Wildman–Crippen MR) is 65.7 cm³/mol. The van der Waals surface area contributed by atoms with Crippen LogP contribution in [0.3, 0.4) is 0 Å². The van der Waals surface area contributed by atoms with Crippen LogP contribution in [0, 0.1) is 12.8 Å². The summed E-state index contributed by atoms with van der Waals surface area (Å²) in [5, 5.41) is 3.31. The first-order valence-corrected chi connectivity index (χ1v) is 5.60. The molecule has 0 heterocycles. The molecule has 15 heavy (non-hydrogen) atoms. The van der Waals surface area contributed by atoms with Crippen molar-refractivity contribution in [2.24, 2.45) is 5.92 Å².